The predicted octanol–water partition coefficient (Wildman–Crippen LogP) is 3.43. The number of hydrogen-bond donors (Lipinski definition) is 1. The fraction of sp³-hybridized carbons (Fsp3) is 0.167. The van der Waals surface area contributed by atoms with Crippen molar-refractivity contribution in [2.45, 2.75) is 23.8 Å². The van der Waals surface area contributed by atoms with Gasteiger partial charge < -0.3 is 0 Å². The first kappa shape index (κ1) is 15.5. The fourth-order valence-corrected chi connectivity index (χ4v) is 3.88. The van der Waals surface area contributed by atoms with Gasteiger partial charge in [-0.2, -0.15) is 0 Å². The van der Waals surface area contributed by atoms with Gasteiger partial charge in [0.25, 0.3) is 10.0 Å². The Hall–Kier alpha value is -2.40. The van der Waals surface area contributed by atoms with E-state index in [0.29, 0.717) is 11.4 Å². The summed E-state index contributed by atoms with van der Waals surface area (Å²) in [5, 5.41) is 0. The van der Waals surface area contributed by atoms with Crippen LogP contribution in [0.2, 0.25) is 0 Å². The topological polar surface area (TPSA) is 58.5 Å². The van der Waals surface area contributed by atoms with Gasteiger partial charge in [0.1, 0.15) is 5.84 Å². The van der Waals surface area contributed by atoms with Crippen LogP contribution in [-0.2, 0) is 10.0 Å². The van der Waals surface area contributed by atoms with E-state index in [1.54, 1.807) is 18.2 Å². The SMILES string of the molecule is C=CCCC(N=C1NS(=O)(=O)c2ccccc21)c1ccccc1. The predicted molar refractivity (Wildman–Crippen MR) is 91.9 cm³/mol. The Morgan fingerprint density at radius 1 is 1.09 bits per heavy atom. The maximum atomic E-state index is 12.2. The Bertz CT molecular complexity index is 842. The third-order valence-electron chi connectivity index (χ3n) is 3.78. The van der Waals surface area contributed by atoms with E-state index < -0.39 is 10.0 Å². The maximum absolute atomic E-state index is 12.2. The Kier molecular flexibility index (Phi) is 4.30. The lowest BCUT2D eigenvalue weighted by Crippen LogP contribution is -2.23. The van der Waals surface area contributed by atoms with E-state index in [2.05, 4.69) is 11.3 Å². The van der Waals surface area contributed by atoms with E-state index in [1.165, 1.54) is 0 Å². The molecule has 0 aromatic heterocycles. The number of sulfonamides is 1. The molecule has 0 amide bonds. The third kappa shape index (κ3) is 3.19. The first-order valence-corrected chi connectivity index (χ1v) is 8.96. The number of fused-ring (bicyclic) bond motifs is 1. The normalized spacial score (nSPS) is 18.2. The summed E-state index contributed by atoms with van der Waals surface area (Å²) in [5.41, 5.74) is 1.69. The summed E-state index contributed by atoms with van der Waals surface area (Å²) in [4.78, 5) is 4.99. The summed E-state index contributed by atoms with van der Waals surface area (Å²) in [6.07, 6.45) is 3.44. The van der Waals surface area contributed by atoms with Crippen LogP contribution in [0.25, 0.3) is 0 Å². The van der Waals surface area contributed by atoms with Gasteiger partial charge in [0.2, 0.25) is 0 Å². The van der Waals surface area contributed by atoms with Crippen molar-refractivity contribution in [2.24, 2.45) is 4.99 Å². The van der Waals surface area contributed by atoms with Crippen LogP contribution in [0.3, 0.4) is 0 Å². The quantitative estimate of drug-likeness (QED) is 0.856. The van der Waals surface area contributed by atoms with E-state index in [-0.39, 0.29) is 10.9 Å². The number of aliphatic imine (C=N–C) groups is 1. The molecule has 0 fully saturated rings. The molecule has 4 nitrogen and oxygen atoms in total. The molecular weight excluding hydrogens is 308 g/mol. The van der Waals surface area contributed by atoms with Gasteiger partial charge in [-0.3, -0.25) is 9.71 Å². The van der Waals surface area contributed by atoms with Gasteiger partial charge in [-0.15, -0.1) is 6.58 Å². The number of rotatable bonds is 5. The van der Waals surface area contributed by atoms with Gasteiger partial charge in [-0.25, -0.2) is 8.42 Å². The molecule has 23 heavy (non-hydrogen) atoms. The molecule has 1 heterocycles. The molecule has 1 aliphatic rings. The zero-order valence-electron chi connectivity index (χ0n) is 12.6. The number of nitrogens with zero attached hydrogens (tertiary/aromatic N) is 1. The van der Waals surface area contributed by atoms with Gasteiger partial charge in [0.15, 0.2) is 0 Å². The minimum Gasteiger partial charge on any atom is -0.263 e. The molecule has 0 radical (unpaired) electrons. The highest BCUT2D eigenvalue weighted by Crippen LogP contribution is 2.28. The first-order valence-electron chi connectivity index (χ1n) is 7.47. The van der Waals surface area contributed by atoms with E-state index >= 15 is 0 Å². The third-order valence-corrected chi connectivity index (χ3v) is 5.17. The first-order chi connectivity index (χ1) is 11.1. The van der Waals surface area contributed by atoms with Crippen molar-refractivity contribution in [3.8, 4) is 0 Å². The summed E-state index contributed by atoms with van der Waals surface area (Å²) in [6, 6.07) is 16.7. The van der Waals surface area contributed by atoms with Crippen LogP contribution in [0.1, 0.15) is 30.0 Å². The average Bonchev–Trinajstić information content (AvgIpc) is 2.83. The summed E-state index contributed by atoms with van der Waals surface area (Å²) in [6.45, 7) is 3.76. The van der Waals surface area contributed by atoms with E-state index in [4.69, 9.17) is 4.99 Å². The van der Waals surface area contributed by atoms with Gasteiger partial charge in [-0.1, -0.05) is 48.5 Å². The molecule has 3 rings (SSSR count). The Morgan fingerprint density at radius 3 is 2.52 bits per heavy atom. The van der Waals surface area contributed by atoms with Gasteiger partial charge >= 0.3 is 0 Å². The highest BCUT2D eigenvalue weighted by molar-refractivity contribution is 7.90. The van der Waals surface area contributed by atoms with Crippen molar-refractivity contribution >= 4 is 15.9 Å². The molecule has 1 unspecified atom stereocenters. The van der Waals surface area contributed by atoms with Crippen molar-refractivity contribution in [1.82, 2.24) is 4.72 Å². The lowest BCUT2D eigenvalue weighted by Gasteiger charge is -2.13. The van der Waals surface area contributed by atoms with E-state index in [1.807, 2.05) is 42.5 Å². The Labute approximate surface area is 136 Å². The van der Waals surface area contributed by atoms with Crippen LogP contribution in [0.15, 0.2) is 77.1 Å². The highest BCUT2D eigenvalue weighted by atomic mass is 32.2. The minimum atomic E-state index is -3.50. The lowest BCUT2D eigenvalue weighted by molar-refractivity contribution is 0.594. The summed E-state index contributed by atoms with van der Waals surface area (Å²) in [5.74, 6) is 0.415. The van der Waals surface area contributed by atoms with Crippen molar-refractivity contribution in [3.05, 3.63) is 78.4 Å². The molecule has 2 aromatic rings. The van der Waals surface area contributed by atoms with Gasteiger partial charge in [0.05, 0.1) is 10.9 Å². The molecule has 2 aromatic carbocycles. The Balaban J connectivity index is 2.02. The van der Waals surface area contributed by atoms with Crippen LogP contribution < -0.4 is 4.72 Å². The van der Waals surface area contributed by atoms with Crippen molar-refractivity contribution < 1.29 is 8.42 Å². The van der Waals surface area contributed by atoms with Gasteiger partial charge in [-0.05, 0) is 30.5 Å². The molecule has 0 bridgehead atoms. The highest BCUT2D eigenvalue weighted by Gasteiger charge is 2.30. The zero-order chi connectivity index (χ0) is 16.3. The summed E-state index contributed by atoms with van der Waals surface area (Å²) >= 11 is 0. The summed E-state index contributed by atoms with van der Waals surface area (Å²) < 4.78 is 26.9. The molecule has 1 N–H and O–H groups in total. The van der Waals surface area contributed by atoms with E-state index in [9.17, 15) is 8.42 Å². The fourth-order valence-electron chi connectivity index (χ4n) is 2.64. The van der Waals surface area contributed by atoms with E-state index in [0.717, 1.165) is 18.4 Å². The van der Waals surface area contributed by atoms with Crippen LogP contribution in [0, 0.1) is 0 Å². The Morgan fingerprint density at radius 2 is 1.78 bits per heavy atom. The van der Waals surface area contributed by atoms with Crippen LogP contribution >= 0.6 is 0 Å². The molecule has 118 valence electrons. The second kappa shape index (κ2) is 6.38. The molecule has 0 aliphatic carbocycles. The lowest BCUT2D eigenvalue weighted by atomic mass is 10.0. The maximum Gasteiger partial charge on any atom is 0.263 e. The second-order valence-corrected chi connectivity index (χ2v) is 7.02. The number of nitrogens with one attached hydrogen (secondary N) is 1. The van der Waals surface area contributed by atoms with Crippen LogP contribution in [0.4, 0.5) is 0 Å². The van der Waals surface area contributed by atoms with Crippen LogP contribution in [0.5, 0.6) is 0 Å². The van der Waals surface area contributed by atoms with Gasteiger partial charge in [0, 0.05) is 5.56 Å². The molecule has 1 atom stereocenters. The van der Waals surface area contributed by atoms with Crippen molar-refractivity contribution in [1.29, 1.82) is 0 Å². The molecule has 0 saturated carbocycles. The standard InChI is InChI=1S/C18H18N2O2S/c1-2-3-12-16(14-9-5-4-6-10-14)19-18-15-11-7-8-13-17(15)23(21,22)20-18/h2,4-11,13,16H,1,3,12H2,(H,19,20). The number of amidine groups is 1. The molecular formula is C18H18N2O2S. The summed E-state index contributed by atoms with van der Waals surface area (Å²) in [7, 11) is -3.50. The van der Waals surface area contributed by atoms with Crippen LogP contribution in [-0.4, -0.2) is 14.3 Å². The van der Waals surface area contributed by atoms with Crippen molar-refractivity contribution in [2.75, 3.05) is 0 Å². The number of hydrogen-bond acceptors (Lipinski definition) is 3. The molecule has 0 saturated heterocycles. The zero-order valence-corrected chi connectivity index (χ0v) is 13.5. The number of benzene rings is 2. The van der Waals surface area contributed by atoms with Crippen molar-refractivity contribution in [3.63, 3.8) is 0 Å². The molecule has 0 spiro atoms. The monoisotopic (exact) mass is 326 g/mol. The second-order valence-electron chi connectivity index (χ2n) is 5.37. The molecule has 1 aliphatic heterocycles. The largest absolute Gasteiger partial charge is 0.263 e. The smallest absolute Gasteiger partial charge is 0.263 e. The average molecular weight is 326 g/mol. The molecule has 5 heteroatoms. The number of allylic oxidation sites excluding steroid dienone is 1. The minimum absolute atomic E-state index is 0.113.